The molecule has 1 aromatic heterocycles. The number of rotatable bonds is 4. The number of nitrogens with zero attached hydrogens (tertiary/aromatic N) is 3. The van der Waals surface area contributed by atoms with E-state index in [1.165, 1.54) is 0 Å². The molecule has 0 radical (unpaired) electrons. The lowest BCUT2D eigenvalue weighted by molar-refractivity contribution is 0.116. The zero-order chi connectivity index (χ0) is 12.3. The predicted octanol–water partition coefficient (Wildman–Crippen LogP) is 1.90. The maximum atomic E-state index is 5.63. The summed E-state index contributed by atoms with van der Waals surface area (Å²) < 4.78 is 6.52. The topological polar surface area (TPSA) is 50.3 Å². The molecule has 5 nitrogen and oxygen atoms in total. The third-order valence-corrected chi connectivity index (χ3v) is 3.60. The first kappa shape index (κ1) is 12.6. The molecule has 1 saturated heterocycles. The number of likely N-dealkylation sites (N-methyl/N-ethyl adjacent to an activating group) is 1. The number of hydrogen-bond donors (Lipinski definition) is 1. The molecule has 2 rings (SSSR count). The fourth-order valence-corrected chi connectivity index (χ4v) is 2.69. The summed E-state index contributed by atoms with van der Waals surface area (Å²) >= 11 is 3.52. The van der Waals surface area contributed by atoms with Crippen LogP contribution in [0, 0.1) is 0 Å². The Morgan fingerprint density at radius 1 is 1.59 bits per heavy atom. The Morgan fingerprint density at radius 2 is 2.41 bits per heavy atom. The summed E-state index contributed by atoms with van der Waals surface area (Å²) in [6, 6.07) is 0. The van der Waals surface area contributed by atoms with Crippen LogP contribution in [-0.2, 0) is 4.74 Å². The molecule has 0 bridgehead atoms. The van der Waals surface area contributed by atoms with Crippen molar-refractivity contribution >= 4 is 27.6 Å². The van der Waals surface area contributed by atoms with Gasteiger partial charge in [0.15, 0.2) is 0 Å². The second-order valence-corrected chi connectivity index (χ2v) is 4.92. The van der Waals surface area contributed by atoms with Gasteiger partial charge in [0.1, 0.15) is 22.4 Å². The fourth-order valence-electron chi connectivity index (χ4n) is 1.98. The van der Waals surface area contributed by atoms with E-state index >= 15 is 0 Å². The first-order valence-electron chi connectivity index (χ1n) is 5.73. The van der Waals surface area contributed by atoms with Gasteiger partial charge in [-0.2, -0.15) is 0 Å². The maximum absolute atomic E-state index is 5.63. The average molecular weight is 301 g/mol. The van der Waals surface area contributed by atoms with Crippen molar-refractivity contribution in [2.24, 2.45) is 0 Å². The second kappa shape index (κ2) is 5.64. The molecule has 1 atom stereocenters. The number of halogens is 1. The van der Waals surface area contributed by atoms with Crippen LogP contribution >= 0.6 is 15.9 Å². The molecule has 0 amide bonds. The number of ether oxygens (including phenoxy) is 1. The molecule has 0 aromatic carbocycles. The Morgan fingerprint density at radius 3 is 3.06 bits per heavy atom. The molecule has 1 fully saturated rings. The summed E-state index contributed by atoms with van der Waals surface area (Å²) in [4.78, 5) is 10.5. The number of hydrogen-bond acceptors (Lipinski definition) is 5. The van der Waals surface area contributed by atoms with Gasteiger partial charge in [0, 0.05) is 27.2 Å². The molecule has 1 unspecified atom stereocenters. The Balaban J connectivity index is 2.09. The highest BCUT2D eigenvalue weighted by Gasteiger charge is 2.20. The van der Waals surface area contributed by atoms with Crippen molar-refractivity contribution in [1.82, 2.24) is 9.97 Å². The first-order valence-corrected chi connectivity index (χ1v) is 6.52. The van der Waals surface area contributed by atoms with Gasteiger partial charge in [-0.05, 0) is 28.8 Å². The van der Waals surface area contributed by atoms with Gasteiger partial charge in [-0.1, -0.05) is 0 Å². The van der Waals surface area contributed by atoms with E-state index in [0.29, 0.717) is 6.10 Å². The van der Waals surface area contributed by atoms with E-state index in [9.17, 15) is 0 Å². The molecule has 1 aromatic rings. The first-order chi connectivity index (χ1) is 8.22. The number of anilines is 2. The molecular formula is C11H17BrN4O. The van der Waals surface area contributed by atoms with Crippen LogP contribution in [-0.4, -0.2) is 43.3 Å². The summed E-state index contributed by atoms with van der Waals surface area (Å²) in [6.07, 6.45) is 4.18. The van der Waals surface area contributed by atoms with E-state index in [2.05, 4.69) is 36.1 Å². The quantitative estimate of drug-likeness (QED) is 0.920. The minimum Gasteiger partial charge on any atom is -0.376 e. The highest BCUT2D eigenvalue weighted by Crippen LogP contribution is 2.29. The van der Waals surface area contributed by atoms with Crippen molar-refractivity contribution in [1.29, 1.82) is 0 Å². The van der Waals surface area contributed by atoms with E-state index < -0.39 is 0 Å². The van der Waals surface area contributed by atoms with E-state index in [-0.39, 0.29) is 0 Å². The number of aromatic nitrogens is 2. The van der Waals surface area contributed by atoms with Crippen molar-refractivity contribution in [2.45, 2.75) is 18.9 Å². The van der Waals surface area contributed by atoms with Crippen LogP contribution in [0.4, 0.5) is 11.6 Å². The van der Waals surface area contributed by atoms with E-state index in [0.717, 1.165) is 42.1 Å². The van der Waals surface area contributed by atoms with Gasteiger partial charge in [-0.15, -0.1) is 0 Å². The van der Waals surface area contributed by atoms with Crippen LogP contribution in [0.15, 0.2) is 10.8 Å². The van der Waals surface area contributed by atoms with E-state index in [4.69, 9.17) is 4.74 Å². The van der Waals surface area contributed by atoms with Gasteiger partial charge < -0.3 is 15.0 Å². The van der Waals surface area contributed by atoms with Crippen LogP contribution in [0.2, 0.25) is 0 Å². The largest absolute Gasteiger partial charge is 0.376 e. The molecule has 1 N–H and O–H groups in total. The minimum atomic E-state index is 0.319. The van der Waals surface area contributed by atoms with Crippen molar-refractivity contribution in [3.63, 3.8) is 0 Å². The Hall–Kier alpha value is -0.880. The predicted molar refractivity (Wildman–Crippen MR) is 71.5 cm³/mol. The van der Waals surface area contributed by atoms with Crippen molar-refractivity contribution < 1.29 is 4.74 Å². The third-order valence-electron chi connectivity index (χ3n) is 2.87. The maximum Gasteiger partial charge on any atom is 0.148 e. The molecule has 1 aliphatic heterocycles. The molecule has 6 heteroatoms. The molecule has 0 aliphatic carbocycles. The summed E-state index contributed by atoms with van der Waals surface area (Å²) in [7, 11) is 3.87. The molecule has 0 spiro atoms. The average Bonchev–Trinajstić information content (AvgIpc) is 2.82. The Labute approximate surface area is 110 Å². The van der Waals surface area contributed by atoms with Crippen LogP contribution in [0.1, 0.15) is 12.8 Å². The minimum absolute atomic E-state index is 0.319. The molecule has 94 valence electrons. The lowest BCUT2D eigenvalue weighted by atomic mass is 10.2. The highest BCUT2D eigenvalue weighted by molar-refractivity contribution is 9.10. The summed E-state index contributed by atoms with van der Waals surface area (Å²) in [6.45, 7) is 1.74. The van der Waals surface area contributed by atoms with Gasteiger partial charge >= 0.3 is 0 Å². The van der Waals surface area contributed by atoms with Crippen LogP contribution in [0.3, 0.4) is 0 Å². The SMILES string of the molecule is CNc1ncnc(N(C)CC2CCCO2)c1Br. The summed E-state index contributed by atoms with van der Waals surface area (Å²) in [5, 5.41) is 3.03. The molecule has 2 heterocycles. The van der Waals surface area contributed by atoms with E-state index in [1.54, 1.807) is 6.33 Å². The van der Waals surface area contributed by atoms with Gasteiger partial charge in [-0.3, -0.25) is 0 Å². The van der Waals surface area contributed by atoms with Crippen molar-refractivity contribution in [3.8, 4) is 0 Å². The van der Waals surface area contributed by atoms with Crippen molar-refractivity contribution in [2.75, 3.05) is 37.5 Å². The van der Waals surface area contributed by atoms with Crippen LogP contribution in [0.25, 0.3) is 0 Å². The second-order valence-electron chi connectivity index (χ2n) is 4.13. The fraction of sp³-hybridized carbons (Fsp3) is 0.636. The lowest BCUT2D eigenvalue weighted by Crippen LogP contribution is -2.29. The van der Waals surface area contributed by atoms with Gasteiger partial charge in [0.05, 0.1) is 6.10 Å². The normalized spacial score (nSPS) is 19.4. The Bertz CT molecular complexity index is 382. The lowest BCUT2D eigenvalue weighted by Gasteiger charge is -2.23. The summed E-state index contributed by atoms with van der Waals surface area (Å²) in [5.74, 6) is 1.69. The number of nitrogens with one attached hydrogen (secondary N) is 1. The standard InChI is InChI=1S/C11H17BrN4O/c1-13-10-9(12)11(15-7-14-10)16(2)6-8-4-3-5-17-8/h7-8H,3-6H2,1-2H3,(H,13,14,15). The molecule has 1 aliphatic rings. The third kappa shape index (κ3) is 2.87. The van der Waals surface area contributed by atoms with Gasteiger partial charge in [-0.25, -0.2) is 9.97 Å². The summed E-state index contributed by atoms with van der Waals surface area (Å²) in [5.41, 5.74) is 0. The highest BCUT2D eigenvalue weighted by atomic mass is 79.9. The van der Waals surface area contributed by atoms with Crippen LogP contribution < -0.4 is 10.2 Å². The Kier molecular flexibility index (Phi) is 4.17. The van der Waals surface area contributed by atoms with Gasteiger partial charge in [0.2, 0.25) is 0 Å². The zero-order valence-electron chi connectivity index (χ0n) is 10.1. The smallest absolute Gasteiger partial charge is 0.148 e. The zero-order valence-corrected chi connectivity index (χ0v) is 11.7. The van der Waals surface area contributed by atoms with Crippen LogP contribution in [0.5, 0.6) is 0 Å². The monoisotopic (exact) mass is 300 g/mol. The molecular weight excluding hydrogens is 284 g/mol. The van der Waals surface area contributed by atoms with Gasteiger partial charge in [0.25, 0.3) is 0 Å². The molecule has 17 heavy (non-hydrogen) atoms. The van der Waals surface area contributed by atoms with E-state index in [1.807, 2.05) is 14.1 Å². The van der Waals surface area contributed by atoms with Crippen molar-refractivity contribution in [3.05, 3.63) is 10.8 Å². The molecule has 0 saturated carbocycles.